The van der Waals surface area contributed by atoms with Gasteiger partial charge in [-0.2, -0.15) is 0 Å². The molecule has 64 valence electrons. The number of ether oxygens (including phenoxy) is 1. The van der Waals surface area contributed by atoms with E-state index in [0.717, 1.165) is 5.92 Å². The van der Waals surface area contributed by atoms with Crippen LogP contribution in [0.25, 0.3) is 0 Å². The molecule has 0 heterocycles. The number of hydrogen-bond acceptors (Lipinski definition) is 2. The predicted octanol–water partition coefficient (Wildman–Crippen LogP) is 1.29. The van der Waals surface area contributed by atoms with E-state index in [9.17, 15) is 0 Å². The Morgan fingerprint density at radius 1 is 1.45 bits per heavy atom. The minimum Gasteiger partial charge on any atom is -0.377 e. The standard InChI is InChI=1S/C9H17NO/c1-11-9(5-2-6-9)8(10)7-3-4-7/h7-8H,2-6,10H2,1H3. The second-order valence-corrected chi connectivity index (χ2v) is 3.99. The molecule has 0 bridgehead atoms. The Morgan fingerprint density at radius 2 is 2.09 bits per heavy atom. The van der Waals surface area contributed by atoms with Gasteiger partial charge in [0.05, 0.1) is 5.60 Å². The monoisotopic (exact) mass is 155 g/mol. The number of methoxy groups -OCH3 is 1. The second-order valence-electron chi connectivity index (χ2n) is 3.99. The zero-order valence-corrected chi connectivity index (χ0v) is 7.18. The van der Waals surface area contributed by atoms with E-state index in [-0.39, 0.29) is 5.60 Å². The molecule has 2 rings (SSSR count). The SMILES string of the molecule is COC1(C(N)C2CC2)CCC1. The lowest BCUT2D eigenvalue weighted by atomic mass is 9.73. The van der Waals surface area contributed by atoms with Crippen molar-refractivity contribution in [2.24, 2.45) is 11.7 Å². The third-order valence-electron chi connectivity index (χ3n) is 3.34. The first-order valence-corrected chi connectivity index (χ1v) is 4.59. The summed E-state index contributed by atoms with van der Waals surface area (Å²) in [4.78, 5) is 0. The van der Waals surface area contributed by atoms with E-state index in [1.165, 1.54) is 32.1 Å². The summed E-state index contributed by atoms with van der Waals surface area (Å²) in [5, 5.41) is 0. The first-order valence-electron chi connectivity index (χ1n) is 4.59. The molecule has 2 saturated carbocycles. The summed E-state index contributed by atoms with van der Waals surface area (Å²) in [6.07, 6.45) is 6.31. The van der Waals surface area contributed by atoms with E-state index in [4.69, 9.17) is 10.5 Å². The highest BCUT2D eigenvalue weighted by molar-refractivity contribution is 5.04. The van der Waals surface area contributed by atoms with E-state index < -0.39 is 0 Å². The lowest BCUT2D eigenvalue weighted by molar-refractivity contribution is -0.0943. The topological polar surface area (TPSA) is 35.2 Å². The van der Waals surface area contributed by atoms with Gasteiger partial charge in [-0.3, -0.25) is 0 Å². The summed E-state index contributed by atoms with van der Waals surface area (Å²) in [5.41, 5.74) is 6.19. The fourth-order valence-electron chi connectivity index (χ4n) is 2.08. The summed E-state index contributed by atoms with van der Waals surface area (Å²) >= 11 is 0. The third kappa shape index (κ3) is 1.09. The predicted molar refractivity (Wildman–Crippen MR) is 44.3 cm³/mol. The first kappa shape index (κ1) is 7.56. The molecule has 0 aromatic carbocycles. The lowest BCUT2D eigenvalue weighted by Gasteiger charge is -2.45. The van der Waals surface area contributed by atoms with Gasteiger partial charge in [0, 0.05) is 13.2 Å². The van der Waals surface area contributed by atoms with Crippen LogP contribution in [0.2, 0.25) is 0 Å². The smallest absolute Gasteiger partial charge is 0.0831 e. The molecular weight excluding hydrogens is 138 g/mol. The molecule has 0 saturated heterocycles. The molecule has 2 aliphatic carbocycles. The molecule has 0 aliphatic heterocycles. The van der Waals surface area contributed by atoms with Crippen molar-refractivity contribution >= 4 is 0 Å². The van der Waals surface area contributed by atoms with E-state index in [1.54, 1.807) is 7.11 Å². The van der Waals surface area contributed by atoms with Crippen molar-refractivity contribution in [3.8, 4) is 0 Å². The number of nitrogens with two attached hydrogens (primary N) is 1. The zero-order chi connectivity index (χ0) is 7.90. The minimum atomic E-state index is 0.0845. The first-order chi connectivity index (χ1) is 5.28. The average molecular weight is 155 g/mol. The molecule has 2 heteroatoms. The molecule has 11 heavy (non-hydrogen) atoms. The van der Waals surface area contributed by atoms with Gasteiger partial charge in [-0.1, -0.05) is 0 Å². The summed E-state index contributed by atoms with van der Waals surface area (Å²) in [6, 6.07) is 0.321. The molecule has 1 unspecified atom stereocenters. The summed E-state index contributed by atoms with van der Waals surface area (Å²) < 4.78 is 5.51. The molecule has 0 radical (unpaired) electrons. The van der Waals surface area contributed by atoms with Gasteiger partial charge in [-0.15, -0.1) is 0 Å². The van der Waals surface area contributed by atoms with Crippen molar-refractivity contribution in [1.82, 2.24) is 0 Å². The maximum atomic E-state index is 6.10. The second kappa shape index (κ2) is 2.46. The van der Waals surface area contributed by atoms with Crippen molar-refractivity contribution in [1.29, 1.82) is 0 Å². The molecule has 0 aromatic rings. The van der Waals surface area contributed by atoms with Crippen LogP contribution in [0.15, 0.2) is 0 Å². The van der Waals surface area contributed by atoms with Gasteiger partial charge in [0.25, 0.3) is 0 Å². The van der Waals surface area contributed by atoms with Gasteiger partial charge >= 0.3 is 0 Å². The minimum absolute atomic E-state index is 0.0845. The summed E-state index contributed by atoms with van der Waals surface area (Å²) in [6.45, 7) is 0. The van der Waals surface area contributed by atoms with Crippen LogP contribution in [0.5, 0.6) is 0 Å². The Kier molecular flexibility index (Phi) is 1.69. The maximum Gasteiger partial charge on any atom is 0.0831 e. The largest absolute Gasteiger partial charge is 0.377 e. The van der Waals surface area contributed by atoms with Crippen molar-refractivity contribution in [3.05, 3.63) is 0 Å². The van der Waals surface area contributed by atoms with Crippen molar-refractivity contribution in [2.75, 3.05) is 7.11 Å². The van der Waals surface area contributed by atoms with E-state index in [1.807, 2.05) is 0 Å². The molecule has 1 atom stereocenters. The average Bonchev–Trinajstić information content (AvgIpc) is 2.66. The number of rotatable bonds is 3. The zero-order valence-electron chi connectivity index (χ0n) is 7.18. The van der Waals surface area contributed by atoms with Crippen LogP contribution in [0, 0.1) is 5.92 Å². The van der Waals surface area contributed by atoms with E-state index in [2.05, 4.69) is 0 Å². The van der Waals surface area contributed by atoms with Gasteiger partial charge in [-0.05, 0) is 38.0 Å². The molecule has 2 aliphatic rings. The van der Waals surface area contributed by atoms with Crippen LogP contribution >= 0.6 is 0 Å². The van der Waals surface area contributed by atoms with Crippen LogP contribution < -0.4 is 5.73 Å². The van der Waals surface area contributed by atoms with Gasteiger partial charge in [-0.25, -0.2) is 0 Å². The Bertz CT molecular complexity index is 144. The van der Waals surface area contributed by atoms with Crippen LogP contribution in [-0.2, 0) is 4.74 Å². The van der Waals surface area contributed by atoms with Gasteiger partial charge in [0.2, 0.25) is 0 Å². The van der Waals surface area contributed by atoms with Crippen LogP contribution in [0.1, 0.15) is 32.1 Å². The van der Waals surface area contributed by atoms with Gasteiger partial charge in [0.15, 0.2) is 0 Å². The quantitative estimate of drug-likeness (QED) is 0.666. The number of hydrogen-bond donors (Lipinski definition) is 1. The highest BCUT2D eigenvalue weighted by atomic mass is 16.5. The molecule has 2 nitrogen and oxygen atoms in total. The normalized spacial score (nSPS) is 31.1. The van der Waals surface area contributed by atoms with Crippen molar-refractivity contribution in [3.63, 3.8) is 0 Å². The van der Waals surface area contributed by atoms with Gasteiger partial charge < -0.3 is 10.5 Å². The molecule has 2 N–H and O–H groups in total. The fraction of sp³-hybridized carbons (Fsp3) is 1.00. The Hall–Kier alpha value is -0.0800. The molecule has 0 amide bonds. The molecule has 0 spiro atoms. The van der Waals surface area contributed by atoms with Crippen LogP contribution in [-0.4, -0.2) is 18.8 Å². The summed E-state index contributed by atoms with van der Waals surface area (Å²) in [7, 11) is 1.81. The lowest BCUT2D eigenvalue weighted by Crippen LogP contribution is -2.55. The van der Waals surface area contributed by atoms with Crippen molar-refractivity contribution in [2.45, 2.75) is 43.7 Å². The Morgan fingerprint density at radius 3 is 2.36 bits per heavy atom. The van der Waals surface area contributed by atoms with Crippen molar-refractivity contribution < 1.29 is 4.74 Å². The van der Waals surface area contributed by atoms with Crippen LogP contribution in [0.3, 0.4) is 0 Å². The van der Waals surface area contributed by atoms with Crippen LogP contribution in [0.4, 0.5) is 0 Å². The van der Waals surface area contributed by atoms with E-state index in [0.29, 0.717) is 6.04 Å². The Balaban J connectivity index is 1.98. The van der Waals surface area contributed by atoms with Gasteiger partial charge in [0.1, 0.15) is 0 Å². The fourth-order valence-corrected chi connectivity index (χ4v) is 2.08. The molecular formula is C9H17NO. The van der Waals surface area contributed by atoms with E-state index >= 15 is 0 Å². The Labute approximate surface area is 68.1 Å². The highest BCUT2D eigenvalue weighted by Gasteiger charge is 2.48. The third-order valence-corrected chi connectivity index (χ3v) is 3.34. The molecule has 0 aromatic heterocycles. The summed E-state index contributed by atoms with van der Waals surface area (Å²) in [5.74, 6) is 0.773. The molecule has 2 fully saturated rings. The maximum absolute atomic E-state index is 6.10. The highest BCUT2D eigenvalue weighted by Crippen LogP contribution is 2.45.